The number of benzene rings is 2. The van der Waals surface area contributed by atoms with Crippen LogP contribution in [-0.2, 0) is 0 Å². The van der Waals surface area contributed by atoms with E-state index in [-0.39, 0.29) is 5.56 Å². The van der Waals surface area contributed by atoms with Gasteiger partial charge in [0.25, 0.3) is 0 Å². The van der Waals surface area contributed by atoms with Gasteiger partial charge in [0.2, 0.25) is 0 Å². The molecular formula is C15H12FNO2. The van der Waals surface area contributed by atoms with Crippen LogP contribution in [0.15, 0.2) is 53.5 Å². The van der Waals surface area contributed by atoms with Crippen molar-refractivity contribution in [1.82, 2.24) is 0 Å². The second kappa shape index (κ2) is 5.91. The van der Waals surface area contributed by atoms with Crippen molar-refractivity contribution in [2.75, 3.05) is 7.05 Å². The lowest BCUT2D eigenvalue weighted by Gasteiger charge is -2.05. The van der Waals surface area contributed by atoms with Crippen molar-refractivity contribution >= 4 is 12.2 Å². The molecule has 0 radical (unpaired) electrons. The first kappa shape index (κ1) is 13.0. The van der Waals surface area contributed by atoms with E-state index in [1.165, 1.54) is 18.2 Å². The van der Waals surface area contributed by atoms with Gasteiger partial charge in [0.15, 0.2) is 0 Å². The van der Waals surface area contributed by atoms with Gasteiger partial charge >= 0.3 is 5.97 Å². The summed E-state index contributed by atoms with van der Waals surface area (Å²) < 4.78 is 18.2. The highest BCUT2D eigenvalue weighted by molar-refractivity contribution is 5.91. The number of hydrogen-bond acceptors (Lipinski definition) is 3. The Kier molecular flexibility index (Phi) is 4.03. The molecular weight excluding hydrogens is 245 g/mol. The van der Waals surface area contributed by atoms with E-state index in [1.54, 1.807) is 31.5 Å². The van der Waals surface area contributed by atoms with Gasteiger partial charge in [-0.05, 0) is 35.9 Å². The molecule has 2 rings (SSSR count). The van der Waals surface area contributed by atoms with E-state index in [0.29, 0.717) is 5.75 Å². The molecule has 2 aromatic rings. The van der Waals surface area contributed by atoms with Crippen molar-refractivity contribution in [3.8, 4) is 5.75 Å². The lowest BCUT2D eigenvalue weighted by atomic mass is 10.2. The van der Waals surface area contributed by atoms with Crippen LogP contribution in [-0.4, -0.2) is 19.2 Å². The van der Waals surface area contributed by atoms with Crippen LogP contribution < -0.4 is 4.74 Å². The molecule has 0 saturated carbocycles. The van der Waals surface area contributed by atoms with Gasteiger partial charge in [0.1, 0.15) is 11.6 Å². The van der Waals surface area contributed by atoms with Crippen molar-refractivity contribution in [2.24, 2.45) is 4.99 Å². The van der Waals surface area contributed by atoms with E-state index < -0.39 is 11.8 Å². The molecule has 0 N–H and O–H groups in total. The molecule has 0 unspecified atom stereocenters. The number of aliphatic imine (C=N–C) groups is 1. The predicted molar refractivity (Wildman–Crippen MR) is 71.3 cm³/mol. The van der Waals surface area contributed by atoms with Crippen LogP contribution in [0.3, 0.4) is 0 Å². The second-order valence-corrected chi connectivity index (χ2v) is 3.86. The number of halogens is 1. The molecule has 4 heteroatoms. The topological polar surface area (TPSA) is 38.7 Å². The zero-order valence-corrected chi connectivity index (χ0v) is 10.3. The maximum absolute atomic E-state index is 13.0. The third-order valence-corrected chi connectivity index (χ3v) is 2.41. The fraction of sp³-hybridized carbons (Fsp3) is 0.0667. The lowest BCUT2D eigenvalue weighted by Crippen LogP contribution is -2.08. The van der Waals surface area contributed by atoms with E-state index >= 15 is 0 Å². The number of rotatable bonds is 3. The van der Waals surface area contributed by atoms with Crippen molar-refractivity contribution in [2.45, 2.75) is 0 Å². The molecule has 0 aliphatic carbocycles. The highest BCUT2D eigenvalue weighted by Crippen LogP contribution is 2.14. The van der Waals surface area contributed by atoms with Crippen molar-refractivity contribution in [3.63, 3.8) is 0 Å². The Morgan fingerprint density at radius 3 is 2.74 bits per heavy atom. The Labute approximate surface area is 110 Å². The van der Waals surface area contributed by atoms with Gasteiger partial charge in [0.05, 0.1) is 5.56 Å². The van der Waals surface area contributed by atoms with Crippen LogP contribution in [0.2, 0.25) is 0 Å². The molecule has 2 aromatic carbocycles. The first-order valence-corrected chi connectivity index (χ1v) is 5.69. The quantitative estimate of drug-likeness (QED) is 0.481. The zero-order chi connectivity index (χ0) is 13.7. The monoisotopic (exact) mass is 257 g/mol. The Morgan fingerprint density at radius 2 is 2.00 bits per heavy atom. The van der Waals surface area contributed by atoms with Gasteiger partial charge in [-0.2, -0.15) is 0 Å². The van der Waals surface area contributed by atoms with Gasteiger partial charge in [-0.25, -0.2) is 9.18 Å². The summed E-state index contributed by atoms with van der Waals surface area (Å²) in [7, 11) is 1.66. The second-order valence-electron chi connectivity index (χ2n) is 3.86. The Bertz CT molecular complexity index is 623. The van der Waals surface area contributed by atoms with Crippen LogP contribution in [0.1, 0.15) is 15.9 Å². The largest absolute Gasteiger partial charge is 0.423 e. The average Bonchev–Trinajstić information content (AvgIpc) is 2.39. The highest BCUT2D eigenvalue weighted by Gasteiger charge is 2.09. The smallest absolute Gasteiger partial charge is 0.343 e. The van der Waals surface area contributed by atoms with Crippen LogP contribution in [0, 0.1) is 5.82 Å². The molecule has 0 atom stereocenters. The molecule has 0 aliphatic heterocycles. The fourth-order valence-electron chi connectivity index (χ4n) is 1.59. The Balaban J connectivity index is 2.17. The van der Waals surface area contributed by atoms with Crippen LogP contribution in [0.5, 0.6) is 5.75 Å². The average molecular weight is 257 g/mol. The first-order valence-electron chi connectivity index (χ1n) is 5.69. The van der Waals surface area contributed by atoms with Gasteiger partial charge in [-0.15, -0.1) is 0 Å². The summed E-state index contributed by atoms with van der Waals surface area (Å²) >= 11 is 0. The van der Waals surface area contributed by atoms with E-state index in [2.05, 4.69) is 4.99 Å². The molecule has 0 bridgehead atoms. The van der Waals surface area contributed by atoms with E-state index in [0.717, 1.165) is 11.6 Å². The van der Waals surface area contributed by atoms with Crippen molar-refractivity contribution in [3.05, 3.63) is 65.5 Å². The summed E-state index contributed by atoms with van der Waals surface area (Å²) in [5.74, 6) is -0.668. The maximum Gasteiger partial charge on any atom is 0.343 e. The number of carbonyl (C=O) groups excluding carboxylic acids is 1. The number of carbonyl (C=O) groups is 1. The number of hydrogen-bond donors (Lipinski definition) is 0. The predicted octanol–water partition coefficient (Wildman–Crippen LogP) is 3.09. The first-order chi connectivity index (χ1) is 9.19. The van der Waals surface area contributed by atoms with Crippen LogP contribution in [0.4, 0.5) is 4.39 Å². The highest BCUT2D eigenvalue weighted by atomic mass is 19.1. The Hall–Kier alpha value is -2.49. The molecule has 19 heavy (non-hydrogen) atoms. The normalized spacial score (nSPS) is 10.6. The molecule has 0 fully saturated rings. The van der Waals surface area contributed by atoms with Gasteiger partial charge in [0, 0.05) is 13.3 Å². The van der Waals surface area contributed by atoms with Gasteiger partial charge in [-0.3, -0.25) is 4.99 Å². The van der Waals surface area contributed by atoms with E-state index in [4.69, 9.17) is 4.74 Å². The SMILES string of the molecule is CN=Cc1cccc(OC(=O)c2cccc(F)c2)c1. The van der Waals surface area contributed by atoms with Gasteiger partial charge in [-0.1, -0.05) is 18.2 Å². The van der Waals surface area contributed by atoms with Crippen molar-refractivity contribution < 1.29 is 13.9 Å². The summed E-state index contributed by atoms with van der Waals surface area (Å²) in [6.45, 7) is 0. The molecule has 0 aromatic heterocycles. The zero-order valence-electron chi connectivity index (χ0n) is 10.3. The molecule has 0 aliphatic rings. The minimum atomic E-state index is -0.593. The molecule has 0 saturated heterocycles. The Morgan fingerprint density at radius 1 is 1.21 bits per heavy atom. The fourth-order valence-corrected chi connectivity index (χ4v) is 1.59. The summed E-state index contributed by atoms with van der Waals surface area (Å²) in [6, 6.07) is 12.3. The summed E-state index contributed by atoms with van der Waals surface area (Å²) in [5.41, 5.74) is 1.00. The number of ether oxygens (including phenoxy) is 1. The third kappa shape index (κ3) is 3.48. The molecule has 0 spiro atoms. The van der Waals surface area contributed by atoms with Crippen LogP contribution >= 0.6 is 0 Å². The van der Waals surface area contributed by atoms with Crippen LogP contribution in [0.25, 0.3) is 0 Å². The van der Waals surface area contributed by atoms with E-state index in [9.17, 15) is 9.18 Å². The summed E-state index contributed by atoms with van der Waals surface area (Å²) in [4.78, 5) is 15.7. The van der Waals surface area contributed by atoms with Crippen molar-refractivity contribution in [1.29, 1.82) is 0 Å². The summed E-state index contributed by atoms with van der Waals surface area (Å²) in [5, 5.41) is 0. The lowest BCUT2D eigenvalue weighted by molar-refractivity contribution is 0.0734. The number of nitrogens with zero attached hydrogens (tertiary/aromatic N) is 1. The van der Waals surface area contributed by atoms with Gasteiger partial charge < -0.3 is 4.74 Å². The summed E-state index contributed by atoms with van der Waals surface area (Å²) in [6.07, 6.45) is 1.65. The number of esters is 1. The molecule has 0 amide bonds. The molecule has 3 nitrogen and oxygen atoms in total. The minimum absolute atomic E-state index is 0.176. The standard InChI is InChI=1S/C15H12FNO2/c1-17-10-11-4-2-7-14(8-11)19-15(18)12-5-3-6-13(16)9-12/h2-10H,1H3. The maximum atomic E-state index is 13.0. The third-order valence-electron chi connectivity index (χ3n) is 2.41. The van der Waals surface area contributed by atoms with E-state index in [1.807, 2.05) is 6.07 Å². The molecule has 0 heterocycles. The molecule has 96 valence electrons. The minimum Gasteiger partial charge on any atom is -0.423 e.